The van der Waals surface area contributed by atoms with E-state index in [0.29, 0.717) is 36.6 Å². The summed E-state index contributed by atoms with van der Waals surface area (Å²) in [6.45, 7) is 2.33. The molecule has 1 aliphatic rings. The lowest BCUT2D eigenvalue weighted by Crippen LogP contribution is -2.51. The molecule has 1 saturated heterocycles. The molecule has 1 heterocycles. The maximum Gasteiger partial charge on any atom is 0.256 e. The molecule has 0 saturated carbocycles. The molecular formula is C22H25ClFN3O5S. The van der Waals surface area contributed by atoms with E-state index >= 15 is 0 Å². The van der Waals surface area contributed by atoms with E-state index in [2.05, 4.69) is 10.9 Å². The Labute approximate surface area is 197 Å². The number of amides is 2. The van der Waals surface area contributed by atoms with Gasteiger partial charge in [0, 0.05) is 18.0 Å². The number of halogens is 2. The van der Waals surface area contributed by atoms with Gasteiger partial charge in [0.25, 0.3) is 5.91 Å². The first-order valence-electron chi connectivity index (χ1n) is 10.4. The third-order valence-corrected chi connectivity index (χ3v) is 7.35. The van der Waals surface area contributed by atoms with Crippen LogP contribution in [0.4, 0.5) is 4.39 Å². The van der Waals surface area contributed by atoms with Gasteiger partial charge in [-0.15, -0.1) is 0 Å². The normalized spacial score (nSPS) is 16.4. The molecule has 1 atom stereocenters. The Balaban J connectivity index is 1.46. The van der Waals surface area contributed by atoms with Gasteiger partial charge >= 0.3 is 0 Å². The lowest BCUT2D eigenvalue weighted by molar-refractivity contribution is -0.130. The van der Waals surface area contributed by atoms with Gasteiger partial charge in [0.05, 0.1) is 11.5 Å². The van der Waals surface area contributed by atoms with Crippen LogP contribution in [0.2, 0.25) is 5.02 Å². The Hall–Kier alpha value is -2.69. The smallest absolute Gasteiger partial charge is 0.256 e. The number of benzene rings is 2. The number of nitrogens with zero attached hydrogens (tertiary/aromatic N) is 1. The fourth-order valence-corrected chi connectivity index (χ4v) is 5.38. The summed E-state index contributed by atoms with van der Waals surface area (Å²) in [6, 6.07) is 8.71. The lowest BCUT2D eigenvalue weighted by atomic mass is 10.2. The summed E-state index contributed by atoms with van der Waals surface area (Å²) in [5.74, 6) is -0.928. The van der Waals surface area contributed by atoms with E-state index < -0.39 is 33.7 Å². The molecule has 2 N–H and O–H groups in total. The first-order valence-corrected chi connectivity index (χ1v) is 12.3. The second kappa shape index (κ2) is 11.0. The van der Waals surface area contributed by atoms with Crippen LogP contribution in [0.25, 0.3) is 0 Å². The van der Waals surface area contributed by atoms with Gasteiger partial charge in [0.2, 0.25) is 15.9 Å². The van der Waals surface area contributed by atoms with Crippen molar-refractivity contribution in [3.63, 3.8) is 0 Å². The average molecular weight is 498 g/mol. The minimum atomic E-state index is -3.97. The van der Waals surface area contributed by atoms with Gasteiger partial charge in [-0.25, -0.2) is 12.8 Å². The minimum absolute atomic E-state index is 0.0939. The number of ether oxygens (including phenoxy) is 1. The topological polar surface area (TPSA) is 105 Å². The fourth-order valence-electron chi connectivity index (χ4n) is 3.50. The van der Waals surface area contributed by atoms with E-state index in [1.165, 1.54) is 0 Å². The van der Waals surface area contributed by atoms with Crippen molar-refractivity contribution in [1.82, 2.24) is 15.2 Å². The zero-order valence-corrected chi connectivity index (χ0v) is 19.6. The van der Waals surface area contributed by atoms with Crippen molar-refractivity contribution < 1.29 is 27.1 Å². The summed E-state index contributed by atoms with van der Waals surface area (Å²) in [7, 11) is -3.97. The van der Waals surface area contributed by atoms with Gasteiger partial charge in [0.1, 0.15) is 17.6 Å². The van der Waals surface area contributed by atoms with E-state index in [0.717, 1.165) is 34.1 Å². The molecule has 2 aromatic rings. The van der Waals surface area contributed by atoms with Crippen LogP contribution in [-0.2, 0) is 19.6 Å². The Morgan fingerprint density at radius 3 is 2.61 bits per heavy atom. The van der Waals surface area contributed by atoms with E-state index in [-0.39, 0.29) is 17.9 Å². The van der Waals surface area contributed by atoms with Gasteiger partial charge < -0.3 is 4.74 Å². The fraction of sp³-hybridized carbons (Fsp3) is 0.364. The number of sulfonamides is 1. The van der Waals surface area contributed by atoms with E-state index in [1.54, 1.807) is 18.2 Å². The highest BCUT2D eigenvalue weighted by atomic mass is 35.5. The van der Waals surface area contributed by atoms with Crippen molar-refractivity contribution in [1.29, 1.82) is 0 Å². The van der Waals surface area contributed by atoms with Crippen LogP contribution in [0.3, 0.4) is 0 Å². The first-order chi connectivity index (χ1) is 15.7. The highest BCUT2D eigenvalue weighted by molar-refractivity contribution is 7.89. The Morgan fingerprint density at radius 2 is 1.91 bits per heavy atom. The number of rotatable bonds is 8. The number of carbonyl (C=O) groups excluding carboxylic acids is 2. The Kier molecular flexibility index (Phi) is 8.28. The van der Waals surface area contributed by atoms with Crippen LogP contribution in [0, 0.1) is 12.7 Å². The van der Waals surface area contributed by atoms with Crippen molar-refractivity contribution in [2.24, 2.45) is 0 Å². The largest absolute Gasteiger partial charge is 0.493 e. The summed E-state index contributed by atoms with van der Waals surface area (Å²) >= 11 is 5.90. The van der Waals surface area contributed by atoms with Crippen molar-refractivity contribution in [2.45, 2.75) is 43.5 Å². The third kappa shape index (κ3) is 6.43. The van der Waals surface area contributed by atoms with Crippen LogP contribution >= 0.6 is 11.6 Å². The highest BCUT2D eigenvalue weighted by Crippen LogP contribution is 2.26. The van der Waals surface area contributed by atoms with Crippen molar-refractivity contribution in [3.05, 3.63) is 58.9 Å². The van der Waals surface area contributed by atoms with Crippen LogP contribution in [0.5, 0.6) is 5.75 Å². The van der Waals surface area contributed by atoms with Crippen LogP contribution in [0.1, 0.15) is 31.2 Å². The molecular weight excluding hydrogens is 473 g/mol. The Morgan fingerprint density at radius 1 is 1.18 bits per heavy atom. The molecule has 8 nitrogen and oxygen atoms in total. The number of carbonyl (C=O) groups is 2. The van der Waals surface area contributed by atoms with Crippen molar-refractivity contribution >= 4 is 33.4 Å². The van der Waals surface area contributed by atoms with Crippen LogP contribution in [0.15, 0.2) is 47.4 Å². The summed E-state index contributed by atoms with van der Waals surface area (Å²) < 4.78 is 45.5. The molecule has 3 rings (SSSR count). The van der Waals surface area contributed by atoms with E-state index in [9.17, 15) is 22.4 Å². The molecule has 0 aliphatic carbocycles. The van der Waals surface area contributed by atoms with Gasteiger partial charge in [-0.05, 0) is 74.2 Å². The standard InChI is InChI=1S/C22H25ClFN3O5S/c1-15-14-16(23)6-11-20(15)32-13-3-5-21(28)25-26-22(29)19-4-2-12-27(19)33(30,31)18-9-7-17(24)8-10-18/h6-11,14,19H,2-5,12-13H2,1H3,(H,25,28)(H,26,29). The van der Waals surface area contributed by atoms with Crippen molar-refractivity contribution in [2.75, 3.05) is 13.2 Å². The summed E-state index contributed by atoms with van der Waals surface area (Å²) in [6.07, 6.45) is 1.33. The molecule has 0 aromatic heterocycles. The molecule has 0 radical (unpaired) electrons. The first kappa shape index (κ1) is 24.9. The lowest BCUT2D eigenvalue weighted by Gasteiger charge is -2.23. The molecule has 11 heteroatoms. The maximum atomic E-state index is 13.1. The Bertz CT molecular complexity index is 1110. The quantitative estimate of drug-likeness (QED) is 0.431. The predicted octanol–water partition coefficient (Wildman–Crippen LogP) is 2.95. The zero-order chi connectivity index (χ0) is 24.0. The molecule has 1 unspecified atom stereocenters. The van der Waals surface area contributed by atoms with E-state index in [4.69, 9.17) is 16.3 Å². The average Bonchev–Trinajstić information content (AvgIpc) is 3.27. The molecule has 1 aliphatic heterocycles. The predicted molar refractivity (Wildman–Crippen MR) is 121 cm³/mol. The third-order valence-electron chi connectivity index (χ3n) is 5.19. The maximum absolute atomic E-state index is 13.1. The number of aryl methyl sites for hydroxylation is 1. The molecule has 0 bridgehead atoms. The van der Waals surface area contributed by atoms with Gasteiger partial charge in [-0.1, -0.05) is 11.6 Å². The molecule has 33 heavy (non-hydrogen) atoms. The van der Waals surface area contributed by atoms with Gasteiger partial charge in [0.15, 0.2) is 0 Å². The van der Waals surface area contributed by atoms with Crippen LogP contribution < -0.4 is 15.6 Å². The van der Waals surface area contributed by atoms with Crippen molar-refractivity contribution in [3.8, 4) is 5.75 Å². The SMILES string of the molecule is Cc1cc(Cl)ccc1OCCCC(=O)NNC(=O)C1CCCN1S(=O)(=O)c1ccc(F)cc1. The number of hydrogen-bond donors (Lipinski definition) is 2. The number of hydrogen-bond acceptors (Lipinski definition) is 5. The molecule has 178 valence electrons. The molecule has 2 aromatic carbocycles. The monoisotopic (exact) mass is 497 g/mol. The zero-order valence-electron chi connectivity index (χ0n) is 18.0. The van der Waals surface area contributed by atoms with Gasteiger partial charge in [-0.3, -0.25) is 20.4 Å². The minimum Gasteiger partial charge on any atom is -0.493 e. The summed E-state index contributed by atoms with van der Waals surface area (Å²) in [5.41, 5.74) is 5.50. The second-order valence-electron chi connectivity index (χ2n) is 7.63. The molecule has 1 fully saturated rings. The number of hydrazine groups is 1. The second-order valence-corrected chi connectivity index (χ2v) is 9.95. The number of nitrogens with one attached hydrogen (secondary N) is 2. The summed E-state index contributed by atoms with van der Waals surface area (Å²) in [4.78, 5) is 24.5. The molecule has 0 spiro atoms. The van der Waals surface area contributed by atoms with Gasteiger partial charge in [-0.2, -0.15) is 4.31 Å². The molecule has 2 amide bonds. The van der Waals surface area contributed by atoms with Crippen LogP contribution in [-0.4, -0.2) is 43.7 Å². The highest BCUT2D eigenvalue weighted by Gasteiger charge is 2.39. The summed E-state index contributed by atoms with van der Waals surface area (Å²) in [5, 5.41) is 0.612. The van der Waals surface area contributed by atoms with E-state index in [1.807, 2.05) is 6.92 Å².